The van der Waals surface area contributed by atoms with Gasteiger partial charge in [-0.15, -0.1) is 0 Å². The molecule has 0 unspecified atom stereocenters. The molecular formula is C36H35N3O6. The molecule has 0 radical (unpaired) electrons. The molecule has 45 heavy (non-hydrogen) atoms. The molecule has 2 heterocycles. The largest absolute Gasteiger partial charge is 0.458 e. The van der Waals surface area contributed by atoms with Crippen LogP contribution < -0.4 is 5.32 Å². The summed E-state index contributed by atoms with van der Waals surface area (Å²) in [5.74, 6) is -2.38. The summed E-state index contributed by atoms with van der Waals surface area (Å²) in [5.41, 5.74) is 1.59. The van der Waals surface area contributed by atoms with Crippen LogP contribution in [0.25, 0.3) is 5.57 Å². The standard InChI is InChI=1S/C36H35N3O6/c1-35(2)20-26(21-36(3,4)38-35)39-31(40)27-16-15-25(19-28(27)32(39)41)33(42)44-17-18-45-34(43)29(22-37)30(23-11-7-5-8-12-23)24-13-9-6-10-14-24/h5-16,19,26,38H,17-18,20-21H2,1-4H3. The van der Waals surface area contributed by atoms with Gasteiger partial charge in [0.05, 0.1) is 16.7 Å². The fourth-order valence-electron chi connectivity index (χ4n) is 6.46. The van der Waals surface area contributed by atoms with Gasteiger partial charge in [-0.3, -0.25) is 14.5 Å². The van der Waals surface area contributed by atoms with Crippen LogP contribution in [-0.2, 0) is 14.3 Å². The molecule has 2 aliphatic rings. The van der Waals surface area contributed by atoms with Crippen LogP contribution in [0.2, 0.25) is 0 Å². The number of piperidine rings is 1. The van der Waals surface area contributed by atoms with Crippen LogP contribution >= 0.6 is 0 Å². The van der Waals surface area contributed by atoms with Gasteiger partial charge in [0.2, 0.25) is 0 Å². The third-order valence-corrected chi connectivity index (χ3v) is 7.93. The van der Waals surface area contributed by atoms with Gasteiger partial charge in [0, 0.05) is 22.7 Å². The number of imide groups is 1. The summed E-state index contributed by atoms with van der Waals surface area (Å²) in [7, 11) is 0. The van der Waals surface area contributed by atoms with E-state index >= 15 is 0 Å². The molecule has 2 aliphatic heterocycles. The first-order valence-electron chi connectivity index (χ1n) is 14.8. The van der Waals surface area contributed by atoms with E-state index in [4.69, 9.17) is 9.47 Å². The third kappa shape index (κ3) is 6.71. The van der Waals surface area contributed by atoms with Crippen molar-refractivity contribution in [2.75, 3.05) is 13.2 Å². The molecule has 0 aromatic heterocycles. The lowest BCUT2D eigenvalue weighted by Crippen LogP contribution is -2.62. The molecule has 1 fully saturated rings. The Labute approximate surface area is 262 Å². The van der Waals surface area contributed by atoms with E-state index in [1.807, 2.05) is 70.2 Å². The van der Waals surface area contributed by atoms with Crippen molar-refractivity contribution in [1.82, 2.24) is 10.2 Å². The number of rotatable bonds is 8. The first-order valence-corrected chi connectivity index (χ1v) is 14.8. The number of nitrogens with one attached hydrogen (secondary N) is 1. The highest BCUT2D eigenvalue weighted by atomic mass is 16.6. The van der Waals surface area contributed by atoms with Crippen LogP contribution in [0, 0.1) is 11.3 Å². The van der Waals surface area contributed by atoms with Crippen LogP contribution in [0.15, 0.2) is 84.4 Å². The predicted octanol–water partition coefficient (Wildman–Crippen LogP) is 5.32. The zero-order valence-electron chi connectivity index (χ0n) is 25.8. The zero-order chi connectivity index (χ0) is 32.4. The highest BCUT2D eigenvalue weighted by molar-refractivity contribution is 6.22. The Balaban J connectivity index is 1.24. The van der Waals surface area contributed by atoms with Crippen molar-refractivity contribution >= 4 is 29.3 Å². The molecule has 3 aromatic rings. The quantitative estimate of drug-likeness (QED) is 0.120. The van der Waals surface area contributed by atoms with Gasteiger partial charge in [0.15, 0.2) is 0 Å². The maximum absolute atomic E-state index is 13.4. The third-order valence-electron chi connectivity index (χ3n) is 7.93. The Bertz CT molecular complexity index is 1660. The van der Waals surface area contributed by atoms with Gasteiger partial charge in [0.25, 0.3) is 11.8 Å². The number of esters is 2. The van der Waals surface area contributed by atoms with E-state index in [9.17, 15) is 24.4 Å². The van der Waals surface area contributed by atoms with E-state index in [2.05, 4.69) is 5.32 Å². The average Bonchev–Trinajstić information content (AvgIpc) is 3.25. The maximum atomic E-state index is 13.4. The van der Waals surface area contributed by atoms with Gasteiger partial charge < -0.3 is 14.8 Å². The van der Waals surface area contributed by atoms with Crippen LogP contribution in [-0.4, -0.2) is 59.0 Å². The minimum Gasteiger partial charge on any atom is -0.458 e. The van der Waals surface area contributed by atoms with E-state index in [0.29, 0.717) is 29.5 Å². The van der Waals surface area contributed by atoms with Gasteiger partial charge in [-0.2, -0.15) is 5.26 Å². The summed E-state index contributed by atoms with van der Waals surface area (Å²) in [5, 5.41) is 13.5. The lowest BCUT2D eigenvalue weighted by molar-refractivity contribution is -0.139. The second-order valence-electron chi connectivity index (χ2n) is 12.6. The van der Waals surface area contributed by atoms with E-state index in [-0.39, 0.29) is 58.5 Å². The Morgan fingerprint density at radius 3 is 1.89 bits per heavy atom. The molecule has 1 saturated heterocycles. The number of fused-ring (bicyclic) bond motifs is 1. The minimum absolute atomic E-state index is 0.0992. The van der Waals surface area contributed by atoms with E-state index in [0.717, 1.165) is 0 Å². The normalized spacial score (nSPS) is 16.8. The number of benzene rings is 3. The molecule has 9 heteroatoms. The van der Waals surface area contributed by atoms with E-state index in [1.165, 1.54) is 23.1 Å². The molecule has 0 bridgehead atoms. The smallest absolute Gasteiger partial charge is 0.349 e. The summed E-state index contributed by atoms with van der Waals surface area (Å²) in [6.07, 6.45) is 1.22. The van der Waals surface area contributed by atoms with Crippen molar-refractivity contribution in [1.29, 1.82) is 5.26 Å². The van der Waals surface area contributed by atoms with Crippen molar-refractivity contribution in [3.8, 4) is 6.07 Å². The van der Waals surface area contributed by atoms with Crippen molar-refractivity contribution in [3.05, 3.63) is 112 Å². The number of hydrogen-bond acceptors (Lipinski definition) is 8. The molecule has 0 spiro atoms. The average molecular weight is 606 g/mol. The number of carbonyl (C=O) groups excluding carboxylic acids is 4. The Morgan fingerprint density at radius 2 is 1.33 bits per heavy atom. The zero-order valence-corrected chi connectivity index (χ0v) is 25.8. The van der Waals surface area contributed by atoms with Crippen molar-refractivity contribution in [3.63, 3.8) is 0 Å². The number of hydrogen-bond donors (Lipinski definition) is 1. The SMILES string of the molecule is CC1(C)CC(N2C(=O)c3ccc(C(=O)OCCOC(=O)C(C#N)=C(c4ccccc4)c4ccccc4)cc3C2=O)CC(C)(C)N1. The van der Waals surface area contributed by atoms with Crippen LogP contribution in [0.1, 0.15) is 82.7 Å². The second kappa shape index (κ2) is 12.5. The van der Waals surface area contributed by atoms with Crippen LogP contribution in [0.4, 0.5) is 0 Å². The van der Waals surface area contributed by atoms with Gasteiger partial charge >= 0.3 is 11.9 Å². The summed E-state index contributed by atoms with van der Waals surface area (Å²) >= 11 is 0. The minimum atomic E-state index is -0.845. The summed E-state index contributed by atoms with van der Waals surface area (Å²) < 4.78 is 10.6. The molecule has 0 aliphatic carbocycles. The van der Waals surface area contributed by atoms with E-state index in [1.54, 1.807) is 24.3 Å². The molecule has 3 aromatic carbocycles. The Hall–Kier alpha value is -5.07. The predicted molar refractivity (Wildman–Crippen MR) is 167 cm³/mol. The first-order chi connectivity index (χ1) is 21.4. The molecule has 0 atom stereocenters. The van der Waals surface area contributed by atoms with Crippen molar-refractivity contribution in [2.24, 2.45) is 0 Å². The maximum Gasteiger partial charge on any atom is 0.349 e. The van der Waals surface area contributed by atoms with Gasteiger partial charge in [0.1, 0.15) is 24.9 Å². The number of nitrogens with zero attached hydrogens (tertiary/aromatic N) is 2. The number of carbonyl (C=O) groups is 4. The summed E-state index contributed by atoms with van der Waals surface area (Å²) in [6.45, 7) is 7.64. The highest BCUT2D eigenvalue weighted by Crippen LogP contribution is 2.36. The van der Waals surface area contributed by atoms with Crippen molar-refractivity contribution < 1.29 is 28.7 Å². The van der Waals surface area contributed by atoms with Crippen LogP contribution in [0.5, 0.6) is 0 Å². The second-order valence-corrected chi connectivity index (χ2v) is 12.6. The lowest BCUT2D eigenvalue weighted by Gasteiger charge is -2.48. The van der Waals surface area contributed by atoms with Gasteiger partial charge in [-0.05, 0) is 69.9 Å². The summed E-state index contributed by atoms with van der Waals surface area (Å²) in [6, 6.07) is 24.1. The first kappa shape index (κ1) is 31.4. The highest BCUT2D eigenvalue weighted by Gasteiger charge is 2.47. The van der Waals surface area contributed by atoms with Crippen molar-refractivity contribution in [2.45, 2.75) is 57.7 Å². The molecule has 1 N–H and O–H groups in total. The van der Waals surface area contributed by atoms with E-state index < -0.39 is 17.8 Å². The Morgan fingerprint density at radius 1 is 0.800 bits per heavy atom. The number of amides is 2. The molecule has 2 amide bonds. The van der Waals surface area contributed by atoms with Crippen LogP contribution in [0.3, 0.4) is 0 Å². The summed E-state index contributed by atoms with van der Waals surface area (Å²) in [4.78, 5) is 53.9. The lowest BCUT2D eigenvalue weighted by atomic mass is 9.79. The fourth-order valence-corrected chi connectivity index (χ4v) is 6.46. The number of ether oxygens (including phenoxy) is 2. The number of nitriles is 1. The Kier molecular flexibility index (Phi) is 8.71. The molecule has 230 valence electrons. The van der Waals surface area contributed by atoms with Gasteiger partial charge in [-0.25, -0.2) is 9.59 Å². The molecule has 9 nitrogen and oxygen atoms in total. The monoisotopic (exact) mass is 605 g/mol. The molecular weight excluding hydrogens is 570 g/mol. The molecule has 0 saturated carbocycles. The van der Waals surface area contributed by atoms with Gasteiger partial charge in [-0.1, -0.05) is 60.7 Å². The molecule has 5 rings (SSSR count). The topological polar surface area (TPSA) is 126 Å². The fraction of sp³-hybridized carbons (Fsp3) is 0.306.